The van der Waals surface area contributed by atoms with Gasteiger partial charge in [-0.1, -0.05) is 13.0 Å². The first-order valence-corrected chi connectivity index (χ1v) is 3.63. The largest absolute Gasteiger partial charge is 0.403 e. The maximum Gasteiger partial charge on any atom is 0.0368 e. The fourth-order valence-electron chi connectivity index (χ4n) is 1.24. The van der Waals surface area contributed by atoms with Gasteiger partial charge in [0.25, 0.3) is 0 Å². The lowest BCUT2D eigenvalue weighted by Gasteiger charge is -2.16. The maximum atomic E-state index is 5.40. The zero-order valence-electron chi connectivity index (χ0n) is 6.59. The Morgan fingerprint density at radius 2 is 2.50 bits per heavy atom. The Morgan fingerprint density at radius 1 is 1.80 bits per heavy atom. The second-order valence-electron chi connectivity index (χ2n) is 2.47. The molecule has 1 heterocycles. The Labute approximate surface area is 62.0 Å². The van der Waals surface area contributed by atoms with Crippen molar-refractivity contribution in [2.24, 2.45) is 5.73 Å². The van der Waals surface area contributed by atoms with Crippen molar-refractivity contribution >= 4 is 0 Å². The molecule has 2 heteroatoms. The molecule has 0 saturated carbocycles. The van der Waals surface area contributed by atoms with E-state index in [4.69, 9.17) is 5.73 Å². The highest BCUT2D eigenvalue weighted by atomic mass is 15.1. The second kappa shape index (κ2) is 2.78. The minimum atomic E-state index is 0.996. The maximum absolute atomic E-state index is 5.40. The summed E-state index contributed by atoms with van der Waals surface area (Å²) in [4.78, 5) is 2.15. The molecule has 1 aliphatic rings. The molecular formula is C8H14N2. The molecule has 0 bridgehead atoms. The molecule has 0 aromatic rings. The van der Waals surface area contributed by atoms with Gasteiger partial charge in [0.2, 0.25) is 0 Å². The number of allylic oxidation sites excluding steroid dienone is 2. The van der Waals surface area contributed by atoms with E-state index in [0.29, 0.717) is 0 Å². The van der Waals surface area contributed by atoms with E-state index < -0.39 is 0 Å². The standard InChI is InChI=1S/C8H14N2/c1-3-7-4-5-8(6-9)10(7)2/h4,6H,3,5,9H2,1-2H3. The van der Waals surface area contributed by atoms with Crippen LogP contribution in [0.25, 0.3) is 0 Å². The average Bonchev–Trinajstić information content (AvgIpc) is 2.30. The van der Waals surface area contributed by atoms with Crippen LogP contribution in [0.3, 0.4) is 0 Å². The Kier molecular flexibility index (Phi) is 2.00. The zero-order valence-corrected chi connectivity index (χ0v) is 6.59. The van der Waals surface area contributed by atoms with Crippen molar-refractivity contribution in [2.45, 2.75) is 19.8 Å². The second-order valence-corrected chi connectivity index (χ2v) is 2.47. The average molecular weight is 138 g/mol. The molecule has 0 atom stereocenters. The van der Waals surface area contributed by atoms with Gasteiger partial charge in [-0.15, -0.1) is 0 Å². The zero-order chi connectivity index (χ0) is 7.56. The van der Waals surface area contributed by atoms with Gasteiger partial charge in [-0.3, -0.25) is 0 Å². The summed E-state index contributed by atoms with van der Waals surface area (Å²) in [5, 5.41) is 0. The van der Waals surface area contributed by atoms with Crippen LogP contribution in [0.15, 0.2) is 23.7 Å². The third-order valence-corrected chi connectivity index (χ3v) is 1.96. The molecule has 2 nitrogen and oxygen atoms in total. The van der Waals surface area contributed by atoms with E-state index in [9.17, 15) is 0 Å². The smallest absolute Gasteiger partial charge is 0.0368 e. The Bertz CT molecular complexity index is 180. The highest BCUT2D eigenvalue weighted by molar-refractivity contribution is 5.21. The van der Waals surface area contributed by atoms with E-state index in [-0.39, 0.29) is 0 Å². The topological polar surface area (TPSA) is 29.3 Å². The molecule has 1 aliphatic heterocycles. The third-order valence-electron chi connectivity index (χ3n) is 1.96. The fourth-order valence-corrected chi connectivity index (χ4v) is 1.24. The van der Waals surface area contributed by atoms with Crippen LogP contribution >= 0.6 is 0 Å². The molecule has 0 amide bonds. The number of rotatable bonds is 1. The summed E-state index contributed by atoms with van der Waals surface area (Å²) in [6, 6.07) is 0. The minimum absolute atomic E-state index is 0.996. The van der Waals surface area contributed by atoms with Crippen molar-refractivity contribution in [1.29, 1.82) is 0 Å². The van der Waals surface area contributed by atoms with Crippen molar-refractivity contribution in [1.82, 2.24) is 4.90 Å². The van der Waals surface area contributed by atoms with Gasteiger partial charge in [0.15, 0.2) is 0 Å². The van der Waals surface area contributed by atoms with Gasteiger partial charge in [0, 0.05) is 31.1 Å². The van der Waals surface area contributed by atoms with E-state index in [1.165, 1.54) is 11.4 Å². The molecule has 10 heavy (non-hydrogen) atoms. The van der Waals surface area contributed by atoms with Crippen LogP contribution in [-0.4, -0.2) is 11.9 Å². The predicted octanol–water partition coefficient (Wildman–Crippen LogP) is 1.42. The molecule has 0 saturated heterocycles. The molecule has 0 fully saturated rings. The summed E-state index contributed by atoms with van der Waals surface area (Å²) >= 11 is 0. The molecule has 0 spiro atoms. The van der Waals surface area contributed by atoms with Crippen LogP contribution in [0.4, 0.5) is 0 Å². The van der Waals surface area contributed by atoms with Gasteiger partial charge in [-0.2, -0.15) is 0 Å². The van der Waals surface area contributed by atoms with Crippen molar-refractivity contribution in [3.05, 3.63) is 23.7 Å². The van der Waals surface area contributed by atoms with Gasteiger partial charge in [-0.25, -0.2) is 0 Å². The van der Waals surface area contributed by atoms with Crippen molar-refractivity contribution < 1.29 is 0 Å². The van der Waals surface area contributed by atoms with Gasteiger partial charge >= 0.3 is 0 Å². The summed E-state index contributed by atoms with van der Waals surface area (Å²) in [5.74, 6) is 0. The summed E-state index contributed by atoms with van der Waals surface area (Å²) in [7, 11) is 2.06. The predicted molar refractivity (Wildman–Crippen MR) is 43.0 cm³/mol. The number of nitrogens with two attached hydrogens (primary N) is 1. The quantitative estimate of drug-likeness (QED) is 0.593. The summed E-state index contributed by atoms with van der Waals surface area (Å²) in [5.41, 5.74) is 7.98. The summed E-state index contributed by atoms with van der Waals surface area (Å²) in [6.07, 6.45) is 5.99. The molecular weight excluding hydrogens is 124 g/mol. The molecule has 0 aliphatic carbocycles. The summed E-state index contributed by atoms with van der Waals surface area (Å²) in [6.45, 7) is 2.15. The van der Waals surface area contributed by atoms with E-state index in [1.54, 1.807) is 6.20 Å². The fraction of sp³-hybridized carbons (Fsp3) is 0.500. The lowest BCUT2D eigenvalue weighted by molar-refractivity contribution is 0.520. The molecule has 0 radical (unpaired) electrons. The van der Waals surface area contributed by atoms with Crippen LogP contribution in [0.5, 0.6) is 0 Å². The van der Waals surface area contributed by atoms with E-state index >= 15 is 0 Å². The molecule has 0 unspecified atom stereocenters. The number of nitrogens with zero attached hydrogens (tertiary/aromatic N) is 1. The van der Waals surface area contributed by atoms with Crippen LogP contribution < -0.4 is 5.73 Å². The molecule has 56 valence electrons. The van der Waals surface area contributed by atoms with E-state index in [1.807, 2.05) is 0 Å². The molecule has 1 rings (SSSR count). The summed E-state index contributed by atoms with van der Waals surface area (Å²) < 4.78 is 0. The van der Waals surface area contributed by atoms with E-state index in [0.717, 1.165) is 12.8 Å². The Hall–Kier alpha value is -0.920. The monoisotopic (exact) mass is 138 g/mol. The van der Waals surface area contributed by atoms with Gasteiger partial charge in [-0.05, 0) is 6.42 Å². The highest BCUT2D eigenvalue weighted by Crippen LogP contribution is 2.23. The molecule has 2 N–H and O–H groups in total. The lowest BCUT2D eigenvalue weighted by Crippen LogP contribution is -2.11. The van der Waals surface area contributed by atoms with Crippen LogP contribution in [0.1, 0.15) is 19.8 Å². The SMILES string of the molecule is CCC1=CCC(=CN)N1C. The Balaban J connectivity index is 2.69. The van der Waals surface area contributed by atoms with Gasteiger partial charge in [0.05, 0.1) is 0 Å². The molecule has 0 aromatic carbocycles. The minimum Gasteiger partial charge on any atom is -0.403 e. The van der Waals surface area contributed by atoms with Gasteiger partial charge < -0.3 is 10.6 Å². The first-order valence-electron chi connectivity index (χ1n) is 3.63. The van der Waals surface area contributed by atoms with E-state index in [2.05, 4.69) is 24.9 Å². The van der Waals surface area contributed by atoms with Crippen LogP contribution in [0.2, 0.25) is 0 Å². The highest BCUT2D eigenvalue weighted by Gasteiger charge is 2.12. The molecule has 0 aromatic heterocycles. The van der Waals surface area contributed by atoms with Crippen molar-refractivity contribution in [2.75, 3.05) is 7.05 Å². The lowest BCUT2D eigenvalue weighted by atomic mass is 10.3. The van der Waals surface area contributed by atoms with Gasteiger partial charge in [0.1, 0.15) is 0 Å². The first-order chi connectivity index (χ1) is 4.79. The van der Waals surface area contributed by atoms with Crippen LogP contribution in [-0.2, 0) is 0 Å². The number of hydrogen-bond acceptors (Lipinski definition) is 2. The van der Waals surface area contributed by atoms with Crippen molar-refractivity contribution in [3.8, 4) is 0 Å². The Morgan fingerprint density at radius 3 is 2.80 bits per heavy atom. The van der Waals surface area contributed by atoms with Crippen LogP contribution in [0, 0.1) is 0 Å². The van der Waals surface area contributed by atoms with Crippen molar-refractivity contribution in [3.63, 3.8) is 0 Å². The normalized spacial score (nSPS) is 22.0. The number of hydrogen-bond donors (Lipinski definition) is 1. The third kappa shape index (κ3) is 1.01. The first kappa shape index (κ1) is 7.19.